The highest BCUT2D eigenvalue weighted by Gasteiger charge is 2.19. The second kappa shape index (κ2) is 8.12. The van der Waals surface area contributed by atoms with Crippen molar-refractivity contribution in [3.63, 3.8) is 0 Å². The van der Waals surface area contributed by atoms with Crippen molar-refractivity contribution >= 4 is 0 Å². The van der Waals surface area contributed by atoms with Crippen molar-refractivity contribution < 1.29 is 0 Å². The van der Waals surface area contributed by atoms with Crippen molar-refractivity contribution in [2.75, 3.05) is 19.6 Å². The van der Waals surface area contributed by atoms with Gasteiger partial charge in [0.05, 0.1) is 0 Å². The van der Waals surface area contributed by atoms with E-state index in [1.54, 1.807) is 0 Å². The molecule has 1 unspecified atom stereocenters. The van der Waals surface area contributed by atoms with Crippen LogP contribution in [-0.4, -0.2) is 25.7 Å². The fourth-order valence-corrected chi connectivity index (χ4v) is 1.84. The lowest BCUT2D eigenvalue weighted by Crippen LogP contribution is -2.22. The van der Waals surface area contributed by atoms with Crippen molar-refractivity contribution in [3.05, 3.63) is 0 Å². The third kappa shape index (κ3) is 7.80. The lowest BCUT2D eigenvalue weighted by Gasteiger charge is -2.12. The molecule has 1 saturated carbocycles. The quantitative estimate of drug-likeness (QED) is 0.544. The molecule has 0 saturated heterocycles. The third-order valence-corrected chi connectivity index (χ3v) is 3.05. The monoisotopic (exact) mass is 212 g/mol. The molecule has 0 aromatic carbocycles. The first-order chi connectivity index (χ1) is 7.33. The number of hydrogen-bond donors (Lipinski definition) is 2. The van der Waals surface area contributed by atoms with E-state index in [2.05, 4.69) is 24.5 Å². The van der Waals surface area contributed by atoms with Crippen LogP contribution in [0.15, 0.2) is 0 Å². The molecule has 0 spiro atoms. The van der Waals surface area contributed by atoms with Crippen LogP contribution in [0.3, 0.4) is 0 Å². The van der Waals surface area contributed by atoms with E-state index < -0.39 is 0 Å². The predicted molar refractivity (Wildman–Crippen MR) is 67.2 cm³/mol. The Morgan fingerprint density at radius 1 is 1.20 bits per heavy atom. The second-order valence-electron chi connectivity index (χ2n) is 5.03. The number of hydrogen-bond acceptors (Lipinski definition) is 2. The molecule has 1 aliphatic rings. The molecular weight excluding hydrogens is 184 g/mol. The molecule has 0 aromatic heterocycles. The van der Waals surface area contributed by atoms with Gasteiger partial charge in [-0.3, -0.25) is 0 Å². The van der Waals surface area contributed by atoms with E-state index in [0.29, 0.717) is 0 Å². The fourth-order valence-electron chi connectivity index (χ4n) is 1.84. The molecule has 0 aliphatic heterocycles. The average molecular weight is 212 g/mol. The van der Waals surface area contributed by atoms with Crippen LogP contribution >= 0.6 is 0 Å². The van der Waals surface area contributed by atoms with Crippen LogP contribution in [0.2, 0.25) is 0 Å². The summed E-state index contributed by atoms with van der Waals surface area (Å²) in [5, 5.41) is 7.06. The zero-order chi connectivity index (χ0) is 10.9. The summed E-state index contributed by atoms with van der Waals surface area (Å²) >= 11 is 0. The van der Waals surface area contributed by atoms with Gasteiger partial charge in [-0.1, -0.05) is 20.3 Å². The van der Waals surface area contributed by atoms with Gasteiger partial charge in [-0.15, -0.1) is 0 Å². The lowest BCUT2D eigenvalue weighted by atomic mass is 10.0. The first kappa shape index (κ1) is 13.0. The number of unbranched alkanes of at least 4 members (excludes halogenated alkanes) is 1. The molecule has 1 fully saturated rings. The fraction of sp³-hybridized carbons (Fsp3) is 1.00. The first-order valence-corrected chi connectivity index (χ1v) is 6.77. The molecule has 90 valence electrons. The molecule has 2 N–H and O–H groups in total. The van der Waals surface area contributed by atoms with E-state index in [0.717, 1.165) is 12.0 Å². The minimum Gasteiger partial charge on any atom is -0.316 e. The predicted octanol–water partition coefficient (Wildman–Crippen LogP) is 2.54. The van der Waals surface area contributed by atoms with Crippen LogP contribution in [0.25, 0.3) is 0 Å². The van der Waals surface area contributed by atoms with Gasteiger partial charge in [-0.2, -0.15) is 0 Å². The van der Waals surface area contributed by atoms with Crippen LogP contribution in [0.5, 0.6) is 0 Å². The molecule has 0 aromatic rings. The van der Waals surface area contributed by atoms with Gasteiger partial charge in [0.15, 0.2) is 0 Å². The maximum Gasteiger partial charge on any atom is 0.00682 e. The summed E-state index contributed by atoms with van der Waals surface area (Å²) in [5.41, 5.74) is 0. The lowest BCUT2D eigenvalue weighted by molar-refractivity contribution is 0.454. The normalized spacial score (nSPS) is 18.0. The molecule has 0 bridgehead atoms. The largest absolute Gasteiger partial charge is 0.316 e. The van der Waals surface area contributed by atoms with Gasteiger partial charge in [0.1, 0.15) is 0 Å². The van der Waals surface area contributed by atoms with Gasteiger partial charge < -0.3 is 10.6 Å². The van der Waals surface area contributed by atoms with E-state index in [-0.39, 0.29) is 0 Å². The Balaban J connectivity index is 1.76. The van der Waals surface area contributed by atoms with Crippen LogP contribution in [0, 0.1) is 5.92 Å². The smallest absolute Gasteiger partial charge is 0.00682 e. The average Bonchev–Trinajstić information content (AvgIpc) is 3.02. The Morgan fingerprint density at radius 2 is 2.00 bits per heavy atom. The number of rotatable bonds is 10. The molecule has 1 atom stereocenters. The molecule has 2 nitrogen and oxygen atoms in total. The van der Waals surface area contributed by atoms with Crippen LogP contribution in [-0.2, 0) is 0 Å². The molecule has 1 aliphatic carbocycles. The molecule has 2 heteroatoms. The Kier molecular flexibility index (Phi) is 7.03. The molecular formula is C13H28N2. The van der Waals surface area contributed by atoms with Crippen molar-refractivity contribution in [1.29, 1.82) is 0 Å². The highest BCUT2D eigenvalue weighted by molar-refractivity contribution is 4.80. The summed E-state index contributed by atoms with van der Waals surface area (Å²) in [6, 6.07) is 0.883. The summed E-state index contributed by atoms with van der Waals surface area (Å²) in [5.74, 6) is 0.845. The highest BCUT2D eigenvalue weighted by Crippen LogP contribution is 2.18. The van der Waals surface area contributed by atoms with Gasteiger partial charge in [-0.25, -0.2) is 0 Å². The molecule has 1 rings (SSSR count). The summed E-state index contributed by atoms with van der Waals surface area (Å²) in [7, 11) is 0. The Bertz CT molecular complexity index is 143. The van der Waals surface area contributed by atoms with Crippen molar-refractivity contribution in [1.82, 2.24) is 10.6 Å². The molecule has 0 radical (unpaired) electrons. The van der Waals surface area contributed by atoms with Gasteiger partial charge in [0.25, 0.3) is 0 Å². The number of nitrogens with one attached hydrogen (secondary N) is 2. The topological polar surface area (TPSA) is 24.1 Å². The zero-order valence-corrected chi connectivity index (χ0v) is 10.5. The van der Waals surface area contributed by atoms with Gasteiger partial charge in [-0.05, 0) is 57.7 Å². The zero-order valence-electron chi connectivity index (χ0n) is 10.5. The summed E-state index contributed by atoms with van der Waals surface area (Å²) < 4.78 is 0. The van der Waals surface area contributed by atoms with E-state index in [1.807, 2.05) is 0 Å². The maximum absolute atomic E-state index is 3.57. The SMILES string of the molecule is CCCNCC(C)CCCCNC1CC1. The van der Waals surface area contributed by atoms with Crippen molar-refractivity contribution in [2.45, 2.75) is 58.4 Å². The molecule has 0 amide bonds. The molecule has 0 heterocycles. The van der Waals surface area contributed by atoms with E-state index in [4.69, 9.17) is 0 Å². The second-order valence-corrected chi connectivity index (χ2v) is 5.03. The van der Waals surface area contributed by atoms with Gasteiger partial charge in [0.2, 0.25) is 0 Å². The Labute approximate surface area is 95.2 Å². The third-order valence-electron chi connectivity index (χ3n) is 3.05. The molecule has 15 heavy (non-hydrogen) atoms. The summed E-state index contributed by atoms with van der Waals surface area (Å²) in [4.78, 5) is 0. The van der Waals surface area contributed by atoms with Gasteiger partial charge in [0, 0.05) is 6.04 Å². The summed E-state index contributed by atoms with van der Waals surface area (Å²) in [6.45, 7) is 8.19. The standard InChI is InChI=1S/C13H28N2/c1-3-9-14-11-12(2)6-4-5-10-15-13-7-8-13/h12-15H,3-11H2,1-2H3. The van der Waals surface area contributed by atoms with Crippen molar-refractivity contribution in [3.8, 4) is 0 Å². The van der Waals surface area contributed by atoms with Crippen LogP contribution in [0.4, 0.5) is 0 Å². The Hall–Kier alpha value is -0.0800. The van der Waals surface area contributed by atoms with E-state index in [1.165, 1.54) is 58.2 Å². The Morgan fingerprint density at radius 3 is 2.67 bits per heavy atom. The minimum absolute atomic E-state index is 0.845. The van der Waals surface area contributed by atoms with Crippen LogP contribution < -0.4 is 10.6 Å². The van der Waals surface area contributed by atoms with E-state index >= 15 is 0 Å². The first-order valence-electron chi connectivity index (χ1n) is 6.77. The highest BCUT2D eigenvalue weighted by atomic mass is 14.9. The van der Waals surface area contributed by atoms with Gasteiger partial charge >= 0.3 is 0 Å². The minimum atomic E-state index is 0.845. The summed E-state index contributed by atoms with van der Waals surface area (Å²) in [6.07, 6.45) is 8.19. The van der Waals surface area contributed by atoms with Crippen molar-refractivity contribution in [2.24, 2.45) is 5.92 Å². The van der Waals surface area contributed by atoms with E-state index in [9.17, 15) is 0 Å². The maximum atomic E-state index is 3.57. The van der Waals surface area contributed by atoms with Crippen LogP contribution in [0.1, 0.15) is 52.4 Å².